The lowest BCUT2D eigenvalue weighted by molar-refractivity contribution is 0.0658. The molecule has 2 aromatic heterocycles. The van der Waals surface area contributed by atoms with E-state index < -0.39 is 0 Å². The third-order valence-electron chi connectivity index (χ3n) is 6.26. The van der Waals surface area contributed by atoms with E-state index >= 15 is 0 Å². The minimum Gasteiger partial charge on any atom is -0.335 e. The van der Waals surface area contributed by atoms with Crippen molar-refractivity contribution >= 4 is 17.5 Å². The zero-order chi connectivity index (χ0) is 26.0. The molecule has 0 spiro atoms. The molecule has 0 radical (unpaired) electrons. The molecule has 1 N–H and O–H groups in total. The van der Waals surface area contributed by atoms with Crippen molar-refractivity contribution in [2.24, 2.45) is 0 Å². The Labute approximate surface area is 210 Å². The fraction of sp³-hybridized carbons (Fsp3) is 0.385. The predicted octanol–water partition coefficient (Wildman–Crippen LogP) is 2.78. The van der Waals surface area contributed by atoms with Gasteiger partial charge in [0, 0.05) is 31.7 Å². The Morgan fingerprint density at radius 3 is 2.47 bits per heavy atom. The molecule has 3 heterocycles. The monoisotopic (exact) mass is 486 g/mol. The van der Waals surface area contributed by atoms with E-state index in [0.29, 0.717) is 41.3 Å². The molecule has 0 bridgehead atoms. The molecule has 1 fully saturated rings. The van der Waals surface area contributed by atoms with Crippen molar-refractivity contribution in [3.05, 3.63) is 64.7 Å². The normalized spacial score (nSPS) is 14.4. The van der Waals surface area contributed by atoms with E-state index in [4.69, 9.17) is 0 Å². The molecule has 0 atom stereocenters. The van der Waals surface area contributed by atoms with Crippen molar-refractivity contribution in [3.8, 4) is 11.8 Å². The summed E-state index contributed by atoms with van der Waals surface area (Å²) in [4.78, 5) is 34.2. The lowest BCUT2D eigenvalue weighted by Crippen LogP contribution is -2.47. The molecule has 0 unspecified atom stereocenters. The zero-order valence-electron chi connectivity index (χ0n) is 21.2. The molecule has 3 aromatic rings. The number of pyridine rings is 1. The van der Waals surface area contributed by atoms with E-state index in [1.54, 1.807) is 41.6 Å². The molecule has 0 aliphatic carbocycles. The average Bonchev–Trinajstić information content (AvgIpc) is 3.34. The van der Waals surface area contributed by atoms with Gasteiger partial charge in [-0.1, -0.05) is 26.0 Å². The second-order valence-electron chi connectivity index (χ2n) is 10.1. The van der Waals surface area contributed by atoms with Crippen LogP contribution in [-0.2, 0) is 5.41 Å². The number of nitrogens with zero attached hydrogens (tertiary/aromatic N) is 7. The van der Waals surface area contributed by atoms with Crippen LogP contribution in [0.4, 0.5) is 5.69 Å². The maximum atomic E-state index is 13.0. The largest absolute Gasteiger partial charge is 0.335 e. The van der Waals surface area contributed by atoms with Crippen LogP contribution in [0.3, 0.4) is 0 Å². The third-order valence-corrected chi connectivity index (χ3v) is 6.26. The van der Waals surface area contributed by atoms with E-state index in [1.165, 1.54) is 4.68 Å². The topological polar surface area (TPSA) is 120 Å². The Morgan fingerprint density at radius 2 is 1.81 bits per heavy atom. The first kappa shape index (κ1) is 25.0. The number of benzene rings is 1. The maximum absolute atomic E-state index is 13.0. The summed E-state index contributed by atoms with van der Waals surface area (Å²) in [5.41, 5.74) is 3.48. The van der Waals surface area contributed by atoms with E-state index in [1.807, 2.05) is 34.7 Å². The number of hydrogen-bond donors (Lipinski definition) is 1. The molecule has 36 heavy (non-hydrogen) atoms. The van der Waals surface area contributed by atoms with Crippen LogP contribution in [0.2, 0.25) is 0 Å². The predicted molar refractivity (Wildman–Crippen MR) is 135 cm³/mol. The number of hydrogen-bond acceptors (Lipinski definition) is 7. The molecule has 10 nitrogen and oxygen atoms in total. The second kappa shape index (κ2) is 9.87. The van der Waals surface area contributed by atoms with Crippen LogP contribution in [-0.4, -0.2) is 74.8 Å². The third kappa shape index (κ3) is 5.42. The van der Waals surface area contributed by atoms with E-state index in [0.717, 1.165) is 18.7 Å². The Morgan fingerprint density at radius 1 is 1.08 bits per heavy atom. The summed E-state index contributed by atoms with van der Waals surface area (Å²) < 4.78 is 1.50. The van der Waals surface area contributed by atoms with Gasteiger partial charge in [0.2, 0.25) is 0 Å². The molecule has 10 heteroatoms. The highest BCUT2D eigenvalue weighted by molar-refractivity contribution is 6.04. The number of amides is 2. The molecule has 1 aliphatic rings. The van der Waals surface area contributed by atoms with Gasteiger partial charge in [-0.05, 0) is 49.2 Å². The van der Waals surface area contributed by atoms with Gasteiger partial charge in [-0.3, -0.25) is 14.6 Å². The fourth-order valence-electron chi connectivity index (χ4n) is 3.93. The number of anilines is 1. The summed E-state index contributed by atoms with van der Waals surface area (Å²) in [5.74, 6) is -0.504. The SMILES string of the molecule is Cc1ncc(NC(=O)c2cc(C#N)cc(C(C)(C)C)c2)cc1-n1cc(C(=O)N2CCN(C)CC2)nn1. The zero-order valence-corrected chi connectivity index (χ0v) is 21.2. The number of carbonyl (C=O) groups excluding carboxylic acids is 2. The van der Waals surface area contributed by atoms with Crippen LogP contribution in [0.1, 0.15) is 58.4 Å². The first-order valence-electron chi connectivity index (χ1n) is 11.8. The number of carbonyl (C=O) groups is 2. The van der Waals surface area contributed by atoms with Crippen LogP contribution in [0.5, 0.6) is 0 Å². The van der Waals surface area contributed by atoms with Gasteiger partial charge in [-0.15, -0.1) is 5.10 Å². The number of nitrogens with one attached hydrogen (secondary N) is 1. The molecular formula is C26H30N8O2. The minimum atomic E-state index is -0.348. The molecular weight excluding hydrogens is 456 g/mol. The van der Waals surface area contributed by atoms with Gasteiger partial charge in [0.1, 0.15) is 0 Å². The van der Waals surface area contributed by atoms with Gasteiger partial charge < -0.3 is 15.1 Å². The van der Waals surface area contributed by atoms with E-state index in [-0.39, 0.29) is 22.9 Å². The molecule has 1 saturated heterocycles. The molecule has 186 valence electrons. The summed E-state index contributed by atoms with van der Waals surface area (Å²) >= 11 is 0. The summed E-state index contributed by atoms with van der Waals surface area (Å²) in [6.45, 7) is 10.8. The molecule has 2 amide bonds. The Balaban J connectivity index is 1.55. The molecule has 1 aliphatic heterocycles. The van der Waals surface area contributed by atoms with Gasteiger partial charge in [-0.25, -0.2) is 4.68 Å². The van der Waals surface area contributed by atoms with Crippen LogP contribution >= 0.6 is 0 Å². The lowest BCUT2D eigenvalue weighted by atomic mass is 9.85. The summed E-state index contributed by atoms with van der Waals surface area (Å²) in [7, 11) is 2.03. The van der Waals surface area contributed by atoms with Crippen molar-refractivity contribution in [3.63, 3.8) is 0 Å². The van der Waals surface area contributed by atoms with Crippen molar-refractivity contribution in [1.82, 2.24) is 29.8 Å². The van der Waals surface area contributed by atoms with Crippen molar-refractivity contribution in [2.45, 2.75) is 33.1 Å². The maximum Gasteiger partial charge on any atom is 0.276 e. The molecule has 0 saturated carbocycles. The number of rotatable bonds is 4. The highest BCUT2D eigenvalue weighted by Crippen LogP contribution is 2.25. The number of aryl methyl sites for hydroxylation is 1. The van der Waals surface area contributed by atoms with Gasteiger partial charge in [0.25, 0.3) is 11.8 Å². The first-order valence-corrected chi connectivity index (χ1v) is 11.8. The Hall–Kier alpha value is -4.10. The van der Waals surface area contributed by atoms with E-state index in [9.17, 15) is 14.9 Å². The van der Waals surface area contributed by atoms with Gasteiger partial charge in [0.15, 0.2) is 5.69 Å². The van der Waals surface area contributed by atoms with Crippen LogP contribution in [0.15, 0.2) is 36.7 Å². The summed E-state index contributed by atoms with van der Waals surface area (Å²) in [6, 6.07) is 9.03. The van der Waals surface area contributed by atoms with Crippen molar-refractivity contribution in [2.75, 3.05) is 38.5 Å². The first-order chi connectivity index (χ1) is 17.0. The van der Waals surface area contributed by atoms with E-state index in [2.05, 4.69) is 31.6 Å². The quantitative estimate of drug-likeness (QED) is 0.602. The number of aromatic nitrogens is 4. The van der Waals surface area contributed by atoms with Gasteiger partial charge in [-0.2, -0.15) is 5.26 Å². The lowest BCUT2D eigenvalue weighted by Gasteiger charge is -2.31. The van der Waals surface area contributed by atoms with Crippen LogP contribution in [0.25, 0.3) is 5.69 Å². The highest BCUT2D eigenvalue weighted by atomic mass is 16.2. The highest BCUT2D eigenvalue weighted by Gasteiger charge is 2.23. The Kier molecular flexibility index (Phi) is 6.86. The van der Waals surface area contributed by atoms with Gasteiger partial charge in [0.05, 0.1) is 41.1 Å². The average molecular weight is 487 g/mol. The minimum absolute atomic E-state index is 0.156. The summed E-state index contributed by atoms with van der Waals surface area (Å²) in [6.07, 6.45) is 3.14. The number of likely N-dealkylation sites (N-methyl/N-ethyl adjacent to an activating group) is 1. The van der Waals surface area contributed by atoms with Gasteiger partial charge >= 0.3 is 0 Å². The van der Waals surface area contributed by atoms with Crippen LogP contribution < -0.4 is 5.32 Å². The second-order valence-corrected chi connectivity index (χ2v) is 10.1. The van der Waals surface area contributed by atoms with Crippen molar-refractivity contribution in [1.29, 1.82) is 5.26 Å². The standard InChI is InChI=1S/C26H30N8O2/c1-17-23(34-16-22(30-31-34)25(36)33-8-6-32(5)7-9-33)13-21(15-28-17)29-24(35)19-10-18(14-27)11-20(12-19)26(2,3)4/h10-13,15-16H,6-9H2,1-5H3,(H,29,35). The number of nitriles is 1. The molecule has 4 rings (SSSR count). The smallest absolute Gasteiger partial charge is 0.276 e. The molecule has 1 aromatic carbocycles. The Bertz CT molecular complexity index is 1340. The fourth-order valence-corrected chi connectivity index (χ4v) is 3.93. The van der Waals surface area contributed by atoms with Crippen LogP contribution in [0, 0.1) is 18.3 Å². The number of piperazine rings is 1. The van der Waals surface area contributed by atoms with Crippen molar-refractivity contribution < 1.29 is 9.59 Å². The summed E-state index contributed by atoms with van der Waals surface area (Å²) in [5, 5.41) is 20.5.